The molecule has 0 amide bonds. The Bertz CT molecular complexity index is 346. The molecule has 0 aliphatic heterocycles. The predicted octanol–water partition coefficient (Wildman–Crippen LogP) is 0.344. The maximum Gasteiger partial charge on any atom is 0.358 e. The van der Waals surface area contributed by atoms with E-state index < -0.39 is 5.97 Å². The molecule has 0 aromatic carbocycles. The van der Waals surface area contributed by atoms with Gasteiger partial charge in [-0.05, 0) is 18.9 Å². The van der Waals surface area contributed by atoms with Crippen molar-refractivity contribution in [3.63, 3.8) is 0 Å². The first-order valence-electron chi connectivity index (χ1n) is 4.89. The summed E-state index contributed by atoms with van der Waals surface area (Å²) >= 11 is 0. The van der Waals surface area contributed by atoms with E-state index in [1.54, 1.807) is 11.7 Å². The van der Waals surface area contributed by atoms with Crippen molar-refractivity contribution in [3.05, 3.63) is 17.5 Å². The lowest BCUT2D eigenvalue weighted by molar-refractivity contribution is 0.0591. The molecule has 5 heteroatoms. The van der Waals surface area contributed by atoms with Gasteiger partial charge in [0.1, 0.15) is 0 Å². The van der Waals surface area contributed by atoms with Crippen LogP contribution < -0.4 is 5.73 Å². The number of carbonyl (C=O) groups is 1. The molecule has 5 nitrogen and oxygen atoms in total. The van der Waals surface area contributed by atoms with Crippen LogP contribution in [0.4, 0.5) is 0 Å². The molecule has 0 saturated heterocycles. The molecule has 15 heavy (non-hydrogen) atoms. The molecule has 1 heterocycles. The Morgan fingerprint density at radius 3 is 2.93 bits per heavy atom. The minimum absolute atomic E-state index is 0.331. The third-order valence-electron chi connectivity index (χ3n) is 2.25. The van der Waals surface area contributed by atoms with Crippen molar-refractivity contribution in [1.29, 1.82) is 0 Å². The number of hydrogen-bond donors (Lipinski definition) is 1. The lowest BCUT2D eigenvalue weighted by Crippen LogP contribution is -2.15. The molecule has 0 aliphatic rings. The van der Waals surface area contributed by atoms with Gasteiger partial charge in [0.05, 0.1) is 7.11 Å². The van der Waals surface area contributed by atoms with Crippen molar-refractivity contribution < 1.29 is 9.53 Å². The van der Waals surface area contributed by atoms with E-state index in [9.17, 15) is 4.79 Å². The van der Waals surface area contributed by atoms with Crippen molar-refractivity contribution in [2.75, 3.05) is 13.7 Å². The van der Waals surface area contributed by atoms with Gasteiger partial charge in [0.2, 0.25) is 0 Å². The molecule has 0 radical (unpaired) electrons. The van der Waals surface area contributed by atoms with Crippen molar-refractivity contribution in [2.45, 2.75) is 13.3 Å². The van der Waals surface area contributed by atoms with E-state index in [-0.39, 0.29) is 0 Å². The number of nitrogens with zero attached hydrogens (tertiary/aromatic N) is 2. The normalized spacial score (nSPS) is 12.5. The van der Waals surface area contributed by atoms with Crippen molar-refractivity contribution in [3.8, 4) is 0 Å². The van der Waals surface area contributed by atoms with Crippen LogP contribution >= 0.6 is 0 Å². The number of ether oxygens (including phenoxy) is 1. The topological polar surface area (TPSA) is 70.1 Å². The molecule has 0 aliphatic carbocycles. The summed E-state index contributed by atoms with van der Waals surface area (Å²) < 4.78 is 6.28. The SMILES string of the molecule is COC(=O)c1nn(C)cc1CC(C)CN. The smallest absolute Gasteiger partial charge is 0.358 e. The average Bonchev–Trinajstić information content (AvgIpc) is 2.58. The number of aryl methyl sites for hydroxylation is 1. The van der Waals surface area contributed by atoms with Gasteiger partial charge in [-0.2, -0.15) is 5.10 Å². The van der Waals surface area contributed by atoms with Gasteiger partial charge < -0.3 is 10.5 Å². The minimum atomic E-state index is -0.394. The van der Waals surface area contributed by atoms with E-state index >= 15 is 0 Å². The van der Waals surface area contributed by atoms with Gasteiger partial charge in [0.25, 0.3) is 0 Å². The summed E-state index contributed by atoms with van der Waals surface area (Å²) in [6.07, 6.45) is 2.58. The van der Waals surface area contributed by atoms with Crippen molar-refractivity contribution in [2.24, 2.45) is 18.7 Å². The van der Waals surface area contributed by atoms with Crippen molar-refractivity contribution >= 4 is 5.97 Å². The van der Waals surface area contributed by atoms with Crippen LogP contribution in [-0.2, 0) is 18.2 Å². The fourth-order valence-corrected chi connectivity index (χ4v) is 1.41. The van der Waals surface area contributed by atoms with Crippen LogP contribution in [0.5, 0.6) is 0 Å². The van der Waals surface area contributed by atoms with E-state index in [0.29, 0.717) is 18.2 Å². The Balaban J connectivity index is 2.91. The van der Waals surface area contributed by atoms with E-state index in [4.69, 9.17) is 5.73 Å². The van der Waals surface area contributed by atoms with Crippen LogP contribution in [0.25, 0.3) is 0 Å². The number of nitrogens with two attached hydrogens (primary N) is 1. The second kappa shape index (κ2) is 4.93. The first kappa shape index (κ1) is 11.7. The molecule has 84 valence electrons. The summed E-state index contributed by atoms with van der Waals surface area (Å²) in [5.74, 6) is -0.0626. The molecule has 1 aromatic rings. The quantitative estimate of drug-likeness (QED) is 0.729. The molecule has 0 fully saturated rings. The lowest BCUT2D eigenvalue weighted by Gasteiger charge is -2.06. The summed E-state index contributed by atoms with van der Waals surface area (Å²) in [6.45, 7) is 2.63. The number of carbonyl (C=O) groups excluding carboxylic acids is 1. The Morgan fingerprint density at radius 2 is 2.40 bits per heavy atom. The summed E-state index contributed by atoms with van der Waals surface area (Å²) in [5.41, 5.74) is 6.82. The van der Waals surface area contributed by atoms with E-state index in [1.165, 1.54) is 7.11 Å². The Morgan fingerprint density at radius 1 is 1.73 bits per heavy atom. The van der Waals surface area contributed by atoms with Crippen LogP contribution in [0, 0.1) is 5.92 Å². The largest absolute Gasteiger partial charge is 0.464 e. The molecule has 1 atom stereocenters. The van der Waals surface area contributed by atoms with Gasteiger partial charge >= 0.3 is 5.97 Å². The van der Waals surface area contributed by atoms with Crippen LogP contribution in [-0.4, -0.2) is 29.4 Å². The number of rotatable bonds is 4. The summed E-state index contributed by atoms with van der Waals surface area (Å²) in [4.78, 5) is 11.4. The first-order valence-corrected chi connectivity index (χ1v) is 4.89. The zero-order chi connectivity index (χ0) is 11.4. The monoisotopic (exact) mass is 211 g/mol. The predicted molar refractivity (Wildman–Crippen MR) is 56.5 cm³/mol. The van der Waals surface area contributed by atoms with Gasteiger partial charge in [-0.3, -0.25) is 4.68 Å². The zero-order valence-corrected chi connectivity index (χ0v) is 9.36. The Hall–Kier alpha value is -1.36. The fourth-order valence-electron chi connectivity index (χ4n) is 1.41. The second-order valence-electron chi connectivity index (χ2n) is 3.71. The van der Waals surface area contributed by atoms with Gasteiger partial charge in [0, 0.05) is 18.8 Å². The minimum Gasteiger partial charge on any atom is -0.464 e. The van der Waals surface area contributed by atoms with Gasteiger partial charge in [-0.15, -0.1) is 0 Å². The number of esters is 1. The van der Waals surface area contributed by atoms with Crippen LogP contribution in [0.15, 0.2) is 6.20 Å². The molecular weight excluding hydrogens is 194 g/mol. The first-order chi connectivity index (χ1) is 7.08. The maximum atomic E-state index is 11.4. The van der Waals surface area contributed by atoms with E-state index in [0.717, 1.165) is 12.0 Å². The summed E-state index contributed by atoms with van der Waals surface area (Å²) in [6, 6.07) is 0. The molecule has 0 bridgehead atoms. The van der Waals surface area contributed by atoms with E-state index in [2.05, 4.69) is 9.84 Å². The van der Waals surface area contributed by atoms with Crippen LogP contribution in [0.2, 0.25) is 0 Å². The van der Waals surface area contributed by atoms with Crippen LogP contribution in [0.3, 0.4) is 0 Å². The summed E-state index contributed by atoms with van der Waals surface area (Å²) in [5, 5.41) is 4.07. The highest BCUT2D eigenvalue weighted by molar-refractivity contribution is 5.88. The number of aromatic nitrogens is 2. The fraction of sp³-hybridized carbons (Fsp3) is 0.600. The van der Waals surface area contributed by atoms with E-state index in [1.807, 2.05) is 13.1 Å². The third-order valence-corrected chi connectivity index (χ3v) is 2.25. The third kappa shape index (κ3) is 2.79. The highest BCUT2D eigenvalue weighted by Crippen LogP contribution is 2.12. The number of methoxy groups -OCH3 is 1. The Labute approximate surface area is 89.2 Å². The average molecular weight is 211 g/mol. The maximum absolute atomic E-state index is 11.4. The van der Waals surface area contributed by atoms with Gasteiger partial charge in [-0.25, -0.2) is 4.79 Å². The second-order valence-corrected chi connectivity index (χ2v) is 3.71. The molecule has 0 saturated carbocycles. The molecule has 1 rings (SSSR count). The van der Waals surface area contributed by atoms with Gasteiger partial charge in [0.15, 0.2) is 5.69 Å². The molecule has 1 aromatic heterocycles. The number of hydrogen-bond acceptors (Lipinski definition) is 4. The Kier molecular flexibility index (Phi) is 3.85. The molecule has 1 unspecified atom stereocenters. The van der Waals surface area contributed by atoms with Crippen LogP contribution in [0.1, 0.15) is 23.0 Å². The van der Waals surface area contributed by atoms with Crippen molar-refractivity contribution in [1.82, 2.24) is 9.78 Å². The van der Waals surface area contributed by atoms with Gasteiger partial charge in [-0.1, -0.05) is 6.92 Å². The standard InChI is InChI=1S/C10H17N3O2/c1-7(5-11)4-8-6-13(2)12-9(8)10(14)15-3/h6-7H,4-5,11H2,1-3H3. The molecule has 0 spiro atoms. The lowest BCUT2D eigenvalue weighted by atomic mass is 10.0. The zero-order valence-electron chi connectivity index (χ0n) is 9.36. The highest BCUT2D eigenvalue weighted by Gasteiger charge is 2.17. The molecule has 2 N–H and O–H groups in total. The highest BCUT2D eigenvalue weighted by atomic mass is 16.5. The molecular formula is C10H17N3O2. The summed E-state index contributed by atoms with van der Waals surface area (Å²) in [7, 11) is 3.14.